The van der Waals surface area contributed by atoms with Crippen LogP contribution in [0.5, 0.6) is 0 Å². The predicted octanol–water partition coefficient (Wildman–Crippen LogP) is 2.12. The van der Waals surface area contributed by atoms with E-state index < -0.39 is 11.4 Å². The van der Waals surface area contributed by atoms with Crippen LogP contribution in [0.15, 0.2) is 24.3 Å². The van der Waals surface area contributed by atoms with Crippen molar-refractivity contribution in [2.24, 2.45) is 5.41 Å². The summed E-state index contributed by atoms with van der Waals surface area (Å²) >= 11 is 0. The lowest BCUT2D eigenvalue weighted by Gasteiger charge is -2.07. The molecular weight excluding hydrogens is 228 g/mol. The number of ether oxygens (including phenoxy) is 1. The third kappa shape index (κ3) is 1.83. The average Bonchev–Trinajstić information content (AvgIpc) is 3.15. The molecule has 1 aromatic rings. The molecule has 90 valence electrons. The summed E-state index contributed by atoms with van der Waals surface area (Å²) in [6, 6.07) is 11.1. The van der Waals surface area contributed by atoms with Crippen molar-refractivity contribution in [2.45, 2.75) is 19.3 Å². The van der Waals surface area contributed by atoms with Gasteiger partial charge in [0.2, 0.25) is 0 Å². The van der Waals surface area contributed by atoms with E-state index in [1.807, 2.05) is 6.07 Å². The van der Waals surface area contributed by atoms with Gasteiger partial charge in [0, 0.05) is 5.92 Å². The van der Waals surface area contributed by atoms with E-state index in [9.17, 15) is 10.1 Å². The zero-order chi connectivity index (χ0) is 13.2. The molecule has 0 heterocycles. The number of carbonyl (C=O) groups excluding carboxylic acids is 1. The number of rotatable bonds is 3. The second-order valence-corrected chi connectivity index (χ2v) is 4.29. The van der Waals surface area contributed by atoms with Crippen LogP contribution in [0.4, 0.5) is 0 Å². The fraction of sp³-hybridized carbons (Fsp3) is 0.357. The first-order valence-electron chi connectivity index (χ1n) is 5.76. The summed E-state index contributed by atoms with van der Waals surface area (Å²) in [5.41, 5.74) is 0.450. The number of nitriles is 2. The summed E-state index contributed by atoms with van der Waals surface area (Å²) < 4.78 is 4.94. The van der Waals surface area contributed by atoms with Crippen molar-refractivity contribution in [2.75, 3.05) is 6.61 Å². The largest absolute Gasteiger partial charge is 0.465 e. The smallest absolute Gasteiger partial charge is 0.327 e. The Morgan fingerprint density at radius 1 is 1.44 bits per heavy atom. The lowest BCUT2D eigenvalue weighted by atomic mass is 10.00. The molecule has 2 rings (SSSR count). The maximum Gasteiger partial charge on any atom is 0.327 e. The minimum Gasteiger partial charge on any atom is -0.465 e. The average molecular weight is 240 g/mol. The highest BCUT2D eigenvalue weighted by Crippen LogP contribution is 2.59. The highest BCUT2D eigenvalue weighted by atomic mass is 16.5. The van der Waals surface area contributed by atoms with Crippen LogP contribution in [0.25, 0.3) is 0 Å². The van der Waals surface area contributed by atoms with Crippen molar-refractivity contribution >= 4 is 5.97 Å². The van der Waals surface area contributed by atoms with Crippen molar-refractivity contribution in [1.29, 1.82) is 10.5 Å². The molecule has 0 saturated heterocycles. The van der Waals surface area contributed by atoms with Gasteiger partial charge in [-0.3, -0.25) is 4.79 Å². The van der Waals surface area contributed by atoms with E-state index in [1.165, 1.54) is 0 Å². The highest BCUT2D eigenvalue weighted by Gasteiger charge is 2.62. The molecule has 0 amide bonds. The van der Waals surface area contributed by atoms with Gasteiger partial charge in [0.25, 0.3) is 0 Å². The lowest BCUT2D eigenvalue weighted by molar-refractivity contribution is -0.147. The van der Waals surface area contributed by atoms with Gasteiger partial charge in [0.15, 0.2) is 5.41 Å². The number of nitrogens with zero attached hydrogens (tertiary/aromatic N) is 2. The molecule has 0 N–H and O–H groups in total. The number of benzene rings is 1. The lowest BCUT2D eigenvalue weighted by Crippen LogP contribution is -2.19. The fourth-order valence-corrected chi connectivity index (χ4v) is 2.11. The Morgan fingerprint density at radius 2 is 2.11 bits per heavy atom. The predicted molar refractivity (Wildman–Crippen MR) is 63.2 cm³/mol. The van der Waals surface area contributed by atoms with Gasteiger partial charge >= 0.3 is 5.97 Å². The minimum absolute atomic E-state index is 0.116. The number of carbonyl (C=O) groups is 1. The first-order valence-corrected chi connectivity index (χ1v) is 5.76. The molecule has 0 spiro atoms. The van der Waals surface area contributed by atoms with Gasteiger partial charge in [-0.1, -0.05) is 12.1 Å². The SMILES string of the molecule is CCOC(=O)[C@@]1(C#N)C[C@@H]1c1ccc(C#N)cc1. The molecule has 0 unspecified atom stereocenters. The van der Waals surface area contributed by atoms with Gasteiger partial charge in [-0.2, -0.15) is 10.5 Å². The summed E-state index contributed by atoms with van der Waals surface area (Å²) in [5.74, 6) is -0.559. The summed E-state index contributed by atoms with van der Waals surface area (Å²) in [5, 5.41) is 17.9. The number of hydrogen-bond donors (Lipinski definition) is 0. The number of hydrogen-bond acceptors (Lipinski definition) is 4. The van der Waals surface area contributed by atoms with Gasteiger partial charge in [0.05, 0.1) is 24.3 Å². The van der Waals surface area contributed by atoms with Crippen LogP contribution >= 0.6 is 0 Å². The molecule has 0 bridgehead atoms. The molecule has 0 aromatic heterocycles. The van der Waals surface area contributed by atoms with Gasteiger partial charge in [-0.25, -0.2) is 0 Å². The zero-order valence-corrected chi connectivity index (χ0v) is 10.0. The van der Waals surface area contributed by atoms with Crippen LogP contribution in [0.3, 0.4) is 0 Å². The summed E-state index contributed by atoms with van der Waals surface area (Å²) in [6.45, 7) is 2.00. The van der Waals surface area contributed by atoms with E-state index in [0.717, 1.165) is 5.56 Å². The summed E-state index contributed by atoms with van der Waals surface area (Å²) in [7, 11) is 0. The third-order valence-electron chi connectivity index (χ3n) is 3.24. The van der Waals surface area contributed by atoms with E-state index in [4.69, 9.17) is 10.00 Å². The molecule has 0 aliphatic heterocycles. The minimum atomic E-state index is -1.02. The Labute approximate surface area is 105 Å². The molecular formula is C14H12N2O2. The van der Waals surface area contributed by atoms with Crippen LogP contribution in [0, 0.1) is 28.1 Å². The fourth-order valence-electron chi connectivity index (χ4n) is 2.11. The Morgan fingerprint density at radius 3 is 2.61 bits per heavy atom. The van der Waals surface area contributed by atoms with Crippen molar-refractivity contribution in [3.63, 3.8) is 0 Å². The molecule has 18 heavy (non-hydrogen) atoms. The van der Waals surface area contributed by atoms with Crippen LogP contribution in [-0.4, -0.2) is 12.6 Å². The van der Waals surface area contributed by atoms with Crippen molar-refractivity contribution in [3.05, 3.63) is 35.4 Å². The maximum atomic E-state index is 11.8. The first kappa shape index (κ1) is 12.1. The van der Waals surface area contributed by atoms with Crippen molar-refractivity contribution in [3.8, 4) is 12.1 Å². The summed E-state index contributed by atoms with van der Waals surface area (Å²) in [4.78, 5) is 11.8. The molecule has 0 radical (unpaired) electrons. The quantitative estimate of drug-likeness (QED) is 0.758. The molecule has 2 atom stereocenters. The molecule has 1 fully saturated rings. The third-order valence-corrected chi connectivity index (χ3v) is 3.24. The molecule has 4 heteroatoms. The standard InChI is InChI=1S/C14H12N2O2/c1-2-18-13(17)14(9-16)7-12(14)11-5-3-10(8-15)4-6-11/h3-6,12H,2,7H2,1H3/t12-,14-/m1/s1. The Kier molecular flexibility index (Phi) is 3.04. The molecule has 4 nitrogen and oxygen atoms in total. The van der Waals surface area contributed by atoms with Gasteiger partial charge < -0.3 is 4.74 Å². The van der Waals surface area contributed by atoms with Crippen LogP contribution < -0.4 is 0 Å². The van der Waals surface area contributed by atoms with E-state index >= 15 is 0 Å². The van der Waals surface area contributed by atoms with Crippen LogP contribution in [-0.2, 0) is 9.53 Å². The molecule has 1 aliphatic rings. The van der Waals surface area contributed by atoms with Crippen LogP contribution in [0.1, 0.15) is 30.4 Å². The van der Waals surface area contributed by atoms with E-state index in [1.54, 1.807) is 31.2 Å². The van der Waals surface area contributed by atoms with Crippen molar-refractivity contribution in [1.82, 2.24) is 0 Å². The second kappa shape index (κ2) is 4.50. The van der Waals surface area contributed by atoms with Gasteiger partial charge in [-0.15, -0.1) is 0 Å². The summed E-state index contributed by atoms with van der Waals surface area (Å²) in [6.07, 6.45) is 0.494. The molecule has 1 saturated carbocycles. The maximum absolute atomic E-state index is 11.8. The Bertz CT molecular complexity index is 551. The normalized spacial score (nSPS) is 24.7. The molecule has 1 aromatic carbocycles. The second-order valence-electron chi connectivity index (χ2n) is 4.29. The zero-order valence-electron chi connectivity index (χ0n) is 10.0. The van der Waals surface area contributed by atoms with Gasteiger partial charge in [-0.05, 0) is 31.0 Å². The number of esters is 1. The first-order chi connectivity index (χ1) is 8.67. The van der Waals surface area contributed by atoms with E-state index in [2.05, 4.69) is 6.07 Å². The van der Waals surface area contributed by atoms with Gasteiger partial charge in [0.1, 0.15) is 0 Å². The Balaban J connectivity index is 2.20. The van der Waals surface area contributed by atoms with Crippen molar-refractivity contribution < 1.29 is 9.53 Å². The Hall–Kier alpha value is -2.33. The van der Waals surface area contributed by atoms with E-state index in [0.29, 0.717) is 12.0 Å². The highest BCUT2D eigenvalue weighted by molar-refractivity contribution is 5.85. The van der Waals surface area contributed by atoms with E-state index in [-0.39, 0.29) is 12.5 Å². The topological polar surface area (TPSA) is 73.9 Å². The van der Waals surface area contributed by atoms with Crippen LogP contribution in [0.2, 0.25) is 0 Å². The molecule has 1 aliphatic carbocycles. The monoisotopic (exact) mass is 240 g/mol.